The number of carbonyl (C=O) groups excluding carboxylic acids is 1. The summed E-state index contributed by atoms with van der Waals surface area (Å²) in [4.78, 5) is 31.2. The van der Waals surface area contributed by atoms with Crippen molar-refractivity contribution >= 4 is 23.2 Å². The predicted molar refractivity (Wildman–Crippen MR) is 157 cm³/mol. The van der Waals surface area contributed by atoms with Crippen LogP contribution in [0, 0.1) is 5.92 Å². The van der Waals surface area contributed by atoms with Gasteiger partial charge in [0.2, 0.25) is 5.91 Å². The van der Waals surface area contributed by atoms with Crippen LogP contribution in [0.5, 0.6) is 0 Å². The van der Waals surface area contributed by atoms with Crippen molar-refractivity contribution in [3.63, 3.8) is 0 Å². The van der Waals surface area contributed by atoms with Gasteiger partial charge in [0.05, 0.1) is 47.5 Å². The lowest BCUT2D eigenvalue weighted by atomic mass is 9.94. The second kappa shape index (κ2) is 11.4. The molecule has 5 aromatic rings. The Labute approximate surface area is 254 Å². The fraction of sp³-hybridized carbons (Fsp3) is 0.267. The molecule has 0 spiro atoms. The quantitative estimate of drug-likeness (QED) is 0.268. The molecule has 1 N–H and O–H groups in total. The van der Waals surface area contributed by atoms with E-state index in [-0.39, 0.29) is 28.8 Å². The number of aromatic nitrogens is 7. The van der Waals surface area contributed by atoms with Crippen molar-refractivity contribution in [1.29, 1.82) is 0 Å². The van der Waals surface area contributed by atoms with Crippen molar-refractivity contribution in [2.75, 3.05) is 5.32 Å². The highest BCUT2D eigenvalue weighted by atomic mass is 35.5. The maximum Gasteiger partial charge on any atom is 0.436 e. The number of anilines is 1. The first-order chi connectivity index (χ1) is 21.0. The maximum atomic E-state index is 13.7. The smallest absolute Gasteiger partial charge is 0.323 e. The van der Waals surface area contributed by atoms with Crippen LogP contribution in [0.25, 0.3) is 28.2 Å². The van der Waals surface area contributed by atoms with Crippen LogP contribution >= 0.6 is 11.6 Å². The third-order valence-corrected chi connectivity index (χ3v) is 7.98. The second-order valence-electron chi connectivity index (χ2n) is 10.7. The number of nitrogens with one attached hydrogen (secondary N) is 1. The molecule has 2 aromatic carbocycles. The van der Waals surface area contributed by atoms with E-state index in [2.05, 4.69) is 25.7 Å². The summed E-state index contributed by atoms with van der Waals surface area (Å²) < 4.78 is 43.8. The lowest BCUT2D eigenvalue weighted by Gasteiger charge is -2.23. The zero-order chi connectivity index (χ0) is 31.2. The van der Waals surface area contributed by atoms with Crippen LogP contribution in [-0.2, 0) is 18.0 Å². The van der Waals surface area contributed by atoms with Gasteiger partial charge in [-0.05, 0) is 42.7 Å². The van der Waals surface area contributed by atoms with Gasteiger partial charge in [0, 0.05) is 35.2 Å². The fourth-order valence-corrected chi connectivity index (χ4v) is 5.62. The summed E-state index contributed by atoms with van der Waals surface area (Å²) in [7, 11) is 1.80. The summed E-state index contributed by atoms with van der Waals surface area (Å²) >= 11 is 6.24. The van der Waals surface area contributed by atoms with Crippen LogP contribution in [-0.4, -0.2) is 40.2 Å². The van der Waals surface area contributed by atoms with Crippen molar-refractivity contribution in [3.8, 4) is 28.2 Å². The Morgan fingerprint density at radius 3 is 2.64 bits per heavy atom. The minimum atomic E-state index is -4.67. The number of aryl methyl sites for hydroxylation is 1. The van der Waals surface area contributed by atoms with E-state index in [1.165, 1.54) is 35.2 Å². The molecule has 226 valence electrons. The molecule has 3 aromatic heterocycles. The molecule has 14 heteroatoms. The van der Waals surface area contributed by atoms with Gasteiger partial charge in [0.25, 0.3) is 5.56 Å². The summed E-state index contributed by atoms with van der Waals surface area (Å²) in [6.45, 7) is 1.86. The molecule has 6 rings (SSSR count). The topological polar surface area (TPSA) is 113 Å². The molecular formula is C30H26ClF3N8O2. The van der Waals surface area contributed by atoms with E-state index in [0.717, 1.165) is 27.7 Å². The Kier molecular flexibility index (Phi) is 7.58. The summed E-state index contributed by atoms with van der Waals surface area (Å²) in [6, 6.07) is 13.1. The largest absolute Gasteiger partial charge is 0.436 e. The Morgan fingerprint density at radius 1 is 1.07 bits per heavy atom. The molecule has 0 aliphatic carbocycles. The summed E-state index contributed by atoms with van der Waals surface area (Å²) in [5, 5.41) is 14.5. The van der Waals surface area contributed by atoms with E-state index in [9.17, 15) is 22.8 Å². The monoisotopic (exact) mass is 622 g/mol. The van der Waals surface area contributed by atoms with Gasteiger partial charge in [-0.15, -0.1) is 5.10 Å². The van der Waals surface area contributed by atoms with Gasteiger partial charge in [-0.3, -0.25) is 18.8 Å². The van der Waals surface area contributed by atoms with Crippen LogP contribution in [0.4, 0.5) is 18.9 Å². The van der Waals surface area contributed by atoms with Gasteiger partial charge in [0.15, 0.2) is 5.69 Å². The van der Waals surface area contributed by atoms with Gasteiger partial charge < -0.3 is 5.32 Å². The van der Waals surface area contributed by atoms with Crippen LogP contribution < -0.4 is 10.9 Å². The molecule has 44 heavy (non-hydrogen) atoms. The molecular weight excluding hydrogens is 597 g/mol. The number of nitrogens with zero attached hydrogens (tertiary/aromatic N) is 7. The van der Waals surface area contributed by atoms with E-state index >= 15 is 0 Å². The number of hydrogen-bond donors (Lipinski definition) is 1. The standard InChI is InChI=1S/C30H26ClF3N8O2/c1-17-5-3-8-24(18-6-4-7-19(11-18)28-23(37-29(17)44)14-36-40(28)2)41-16-35-22(13-27(41)43)21-12-20(31)9-10-25(21)42-15-26(38-39-42)30(32,33)34/h4,6-7,9-17,24H,3,5,8H2,1-2H3,(H,37,44)/t17-,24+/m1/s1. The summed E-state index contributed by atoms with van der Waals surface area (Å²) in [5.74, 6) is -0.377. The Hall–Kier alpha value is -4.78. The molecule has 1 aliphatic heterocycles. The van der Waals surface area contributed by atoms with Gasteiger partial charge in [0.1, 0.15) is 0 Å². The minimum absolute atomic E-state index is 0.109. The Balaban J connectivity index is 1.42. The molecule has 0 fully saturated rings. The number of halogens is 4. The van der Waals surface area contributed by atoms with Crippen LogP contribution in [0.3, 0.4) is 0 Å². The normalized spacial score (nSPS) is 17.4. The molecule has 2 atom stereocenters. The van der Waals surface area contributed by atoms with Crippen molar-refractivity contribution in [2.24, 2.45) is 13.0 Å². The molecule has 1 amide bonds. The van der Waals surface area contributed by atoms with E-state index in [1.807, 2.05) is 31.2 Å². The fourth-order valence-electron chi connectivity index (χ4n) is 5.45. The van der Waals surface area contributed by atoms with Crippen LogP contribution in [0.2, 0.25) is 5.02 Å². The molecule has 2 bridgehead atoms. The highest BCUT2D eigenvalue weighted by Gasteiger charge is 2.35. The number of hydrogen-bond acceptors (Lipinski definition) is 6. The molecule has 0 unspecified atom stereocenters. The van der Waals surface area contributed by atoms with Crippen molar-refractivity contribution in [3.05, 3.63) is 93.9 Å². The van der Waals surface area contributed by atoms with Crippen LogP contribution in [0.1, 0.15) is 43.5 Å². The SMILES string of the molecule is C[C@@H]1CCC[C@H](n2cnc(-c3cc(Cl)ccc3-n3cc(C(F)(F)F)nn3)cc2=O)c2cccc(c2)-c2c(cnn2C)NC1=O. The third-order valence-electron chi connectivity index (χ3n) is 7.74. The minimum Gasteiger partial charge on any atom is -0.323 e. The number of carbonyl (C=O) groups is 1. The number of alkyl halides is 3. The number of amides is 1. The van der Waals surface area contributed by atoms with Crippen LogP contribution in [0.15, 0.2) is 72.0 Å². The van der Waals surface area contributed by atoms with Crippen molar-refractivity contribution in [2.45, 2.75) is 38.4 Å². The van der Waals surface area contributed by atoms with E-state index < -0.39 is 17.9 Å². The van der Waals surface area contributed by atoms with Crippen molar-refractivity contribution in [1.82, 2.24) is 34.3 Å². The van der Waals surface area contributed by atoms with Gasteiger partial charge in [-0.1, -0.05) is 48.4 Å². The highest BCUT2D eigenvalue weighted by molar-refractivity contribution is 6.31. The molecule has 0 saturated heterocycles. The third kappa shape index (κ3) is 5.62. The Bertz CT molecular complexity index is 1930. The van der Waals surface area contributed by atoms with Crippen molar-refractivity contribution < 1.29 is 18.0 Å². The lowest BCUT2D eigenvalue weighted by molar-refractivity contribution is -0.141. The molecule has 4 heterocycles. The Morgan fingerprint density at radius 2 is 1.89 bits per heavy atom. The van der Waals surface area contributed by atoms with E-state index in [4.69, 9.17) is 11.6 Å². The molecule has 0 saturated carbocycles. The van der Waals surface area contributed by atoms with E-state index in [1.54, 1.807) is 17.9 Å². The zero-order valence-electron chi connectivity index (χ0n) is 23.6. The highest BCUT2D eigenvalue weighted by Crippen LogP contribution is 2.34. The number of rotatable bonds is 3. The summed E-state index contributed by atoms with van der Waals surface area (Å²) in [6.07, 6.45) is 0.957. The predicted octanol–water partition coefficient (Wildman–Crippen LogP) is 5.91. The average Bonchev–Trinajstić information content (AvgIpc) is 3.62. The maximum absolute atomic E-state index is 13.7. The van der Waals surface area contributed by atoms with Gasteiger partial charge in [-0.2, -0.15) is 18.3 Å². The zero-order valence-corrected chi connectivity index (χ0v) is 24.3. The molecule has 1 aliphatic rings. The summed E-state index contributed by atoms with van der Waals surface area (Å²) in [5.41, 5.74) is 2.25. The molecule has 10 nitrogen and oxygen atoms in total. The van der Waals surface area contributed by atoms with Gasteiger partial charge >= 0.3 is 6.18 Å². The first-order valence-electron chi connectivity index (χ1n) is 13.8. The van der Waals surface area contributed by atoms with Gasteiger partial charge in [-0.25, -0.2) is 9.67 Å². The second-order valence-corrected chi connectivity index (χ2v) is 11.2. The van der Waals surface area contributed by atoms with E-state index in [0.29, 0.717) is 35.5 Å². The number of benzene rings is 2. The lowest BCUT2D eigenvalue weighted by Crippen LogP contribution is -2.26. The first-order valence-corrected chi connectivity index (χ1v) is 14.2. The number of fused-ring (bicyclic) bond motifs is 4. The molecule has 0 radical (unpaired) electrons. The first kappa shape index (κ1) is 29.3. The average molecular weight is 623 g/mol.